The predicted octanol–water partition coefficient (Wildman–Crippen LogP) is 3.60. The minimum atomic E-state index is -0.160. The van der Waals surface area contributed by atoms with Crippen LogP contribution in [0.5, 0.6) is 11.5 Å². The first-order valence-electron chi connectivity index (χ1n) is 7.89. The quantitative estimate of drug-likeness (QED) is 0.901. The van der Waals surface area contributed by atoms with Crippen molar-refractivity contribution in [2.75, 3.05) is 14.2 Å². The normalized spacial score (nSPS) is 17.0. The number of fused-ring (bicyclic) bond motifs is 1. The number of methoxy groups -OCH3 is 2. The molecule has 24 heavy (non-hydrogen) atoms. The van der Waals surface area contributed by atoms with E-state index >= 15 is 0 Å². The molecule has 2 aromatic carbocycles. The van der Waals surface area contributed by atoms with Crippen molar-refractivity contribution >= 4 is 17.7 Å². The molecule has 1 N–H and O–H groups in total. The molecule has 2 aromatic rings. The second kappa shape index (κ2) is 7.18. The standard InChI is InChI=1S/C19H21NO3S/c1-12(15-11-14(22-2)8-9-16(15)23-3)20-19(21)18-10-13-6-4-5-7-17(13)24-18/h4-9,11-12,18H,10H2,1-3H3,(H,20,21). The van der Waals surface area contributed by atoms with E-state index in [1.54, 1.807) is 26.0 Å². The van der Waals surface area contributed by atoms with Crippen molar-refractivity contribution < 1.29 is 14.3 Å². The Kier molecular flexibility index (Phi) is 5.00. The number of rotatable bonds is 5. The van der Waals surface area contributed by atoms with Crippen LogP contribution < -0.4 is 14.8 Å². The summed E-state index contributed by atoms with van der Waals surface area (Å²) in [5.41, 5.74) is 2.15. The Morgan fingerprint density at radius 2 is 2.00 bits per heavy atom. The Morgan fingerprint density at radius 3 is 2.71 bits per heavy atom. The zero-order valence-corrected chi connectivity index (χ0v) is 14.9. The number of amides is 1. The summed E-state index contributed by atoms with van der Waals surface area (Å²) in [4.78, 5) is 13.8. The summed E-state index contributed by atoms with van der Waals surface area (Å²) >= 11 is 1.63. The van der Waals surface area contributed by atoms with Crippen molar-refractivity contribution in [2.45, 2.75) is 29.5 Å². The smallest absolute Gasteiger partial charge is 0.234 e. The van der Waals surface area contributed by atoms with Crippen LogP contribution in [0.25, 0.3) is 0 Å². The topological polar surface area (TPSA) is 47.6 Å². The Balaban J connectivity index is 1.71. The molecule has 0 aliphatic carbocycles. The second-order valence-electron chi connectivity index (χ2n) is 5.76. The molecule has 0 aromatic heterocycles. The second-order valence-corrected chi connectivity index (χ2v) is 7.00. The molecule has 0 bridgehead atoms. The van der Waals surface area contributed by atoms with Crippen LogP contribution in [0.15, 0.2) is 47.4 Å². The molecular formula is C19H21NO3S. The Bertz CT molecular complexity index is 722. The van der Waals surface area contributed by atoms with Crippen molar-refractivity contribution in [1.29, 1.82) is 0 Å². The number of benzene rings is 2. The molecule has 0 saturated heterocycles. The minimum absolute atomic E-state index is 0.0496. The fourth-order valence-corrected chi connectivity index (χ4v) is 4.09. The van der Waals surface area contributed by atoms with E-state index in [-0.39, 0.29) is 17.2 Å². The Morgan fingerprint density at radius 1 is 1.21 bits per heavy atom. The lowest BCUT2D eigenvalue weighted by Gasteiger charge is -2.20. The summed E-state index contributed by atoms with van der Waals surface area (Å²) in [5.74, 6) is 1.54. The van der Waals surface area contributed by atoms with Crippen molar-refractivity contribution in [3.05, 3.63) is 53.6 Å². The number of carbonyl (C=O) groups excluding carboxylic acids is 1. The van der Waals surface area contributed by atoms with Gasteiger partial charge in [-0.05, 0) is 43.2 Å². The average molecular weight is 343 g/mol. The van der Waals surface area contributed by atoms with Gasteiger partial charge in [0.15, 0.2) is 0 Å². The highest BCUT2D eigenvalue weighted by molar-refractivity contribution is 8.01. The fourth-order valence-electron chi connectivity index (χ4n) is 2.89. The first kappa shape index (κ1) is 16.7. The van der Waals surface area contributed by atoms with Crippen LogP contribution in [-0.4, -0.2) is 25.4 Å². The van der Waals surface area contributed by atoms with Gasteiger partial charge in [-0.25, -0.2) is 0 Å². The van der Waals surface area contributed by atoms with Crippen molar-refractivity contribution in [3.8, 4) is 11.5 Å². The lowest BCUT2D eigenvalue weighted by atomic mass is 10.1. The molecule has 0 radical (unpaired) electrons. The molecule has 1 heterocycles. The van der Waals surface area contributed by atoms with E-state index in [1.165, 1.54) is 10.5 Å². The van der Waals surface area contributed by atoms with Gasteiger partial charge in [-0.2, -0.15) is 0 Å². The molecule has 2 unspecified atom stereocenters. The zero-order chi connectivity index (χ0) is 17.1. The highest BCUT2D eigenvalue weighted by Crippen LogP contribution is 2.37. The summed E-state index contributed by atoms with van der Waals surface area (Å²) in [7, 11) is 3.25. The summed E-state index contributed by atoms with van der Waals surface area (Å²) in [6, 6.07) is 13.6. The monoisotopic (exact) mass is 343 g/mol. The molecule has 126 valence electrons. The van der Waals surface area contributed by atoms with Gasteiger partial charge in [0.05, 0.1) is 25.5 Å². The lowest BCUT2D eigenvalue weighted by molar-refractivity contribution is -0.121. The van der Waals surface area contributed by atoms with Crippen LogP contribution in [-0.2, 0) is 11.2 Å². The Hall–Kier alpha value is -2.14. The minimum Gasteiger partial charge on any atom is -0.497 e. The summed E-state index contributed by atoms with van der Waals surface area (Å²) < 4.78 is 10.7. The maximum absolute atomic E-state index is 12.6. The van der Waals surface area contributed by atoms with Gasteiger partial charge in [-0.3, -0.25) is 4.79 Å². The van der Waals surface area contributed by atoms with Crippen LogP contribution in [0.3, 0.4) is 0 Å². The number of ether oxygens (including phenoxy) is 2. The van der Waals surface area contributed by atoms with Gasteiger partial charge < -0.3 is 14.8 Å². The summed E-state index contributed by atoms with van der Waals surface area (Å²) in [6.07, 6.45) is 0.772. The van der Waals surface area contributed by atoms with Crippen LogP contribution >= 0.6 is 11.8 Å². The van der Waals surface area contributed by atoms with Crippen LogP contribution in [0.4, 0.5) is 0 Å². The van der Waals surface area contributed by atoms with Gasteiger partial charge in [0, 0.05) is 10.5 Å². The van der Waals surface area contributed by atoms with Gasteiger partial charge >= 0.3 is 0 Å². The molecule has 2 atom stereocenters. The zero-order valence-electron chi connectivity index (χ0n) is 14.0. The summed E-state index contributed by atoms with van der Waals surface area (Å²) in [6.45, 7) is 1.96. The average Bonchev–Trinajstić information content (AvgIpc) is 3.05. The molecule has 4 nitrogen and oxygen atoms in total. The number of hydrogen-bond acceptors (Lipinski definition) is 4. The Labute approximate surface area is 146 Å². The molecule has 1 aliphatic rings. The van der Waals surface area contributed by atoms with Gasteiger partial charge in [0.2, 0.25) is 5.91 Å². The first-order valence-corrected chi connectivity index (χ1v) is 8.77. The number of nitrogens with one attached hydrogen (secondary N) is 1. The van der Waals surface area contributed by atoms with Gasteiger partial charge in [0.1, 0.15) is 11.5 Å². The van der Waals surface area contributed by atoms with Gasteiger partial charge in [-0.15, -0.1) is 11.8 Å². The van der Waals surface area contributed by atoms with E-state index in [1.807, 2.05) is 37.3 Å². The first-order chi connectivity index (χ1) is 11.6. The van der Waals surface area contributed by atoms with E-state index in [0.29, 0.717) is 0 Å². The molecule has 0 spiro atoms. The van der Waals surface area contributed by atoms with Crippen LogP contribution in [0, 0.1) is 0 Å². The molecular weight excluding hydrogens is 322 g/mol. The predicted molar refractivity (Wildman–Crippen MR) is 95.9 cm³/mol. The van der Waals surface area contributed by atoms with E-state index in [9.17, 15) is 4.79 Å². The van der Waals surface area contributed by atoms with E-state index in [4.69, 9.17) is 9.47 Å². The van der Waals surface area contributed by atoms with Gasteiger partial charge in [0.25, 0.3) is 0 Å². The van der Waals surface area contributed by atoms with Crippen molar-refractivity contribution in [2.24, 2.45) is 0 Å². The third-order valence-electron chi connectivity index (χ3n) is 4.20. The van der Waals surface area contributed by atoms with Crippen LogP contribution in [0.2, 0.25) is 0 Å². The van der Waals surface area contributed by atoms with Gasteiger partial charge in [-0.1, -0.05) is 18.2 Å². The summed E-state index contributed by atoms with van der Waals surface area (Å²) in [5, 5.41) is 3.02. The SMILES string of the molecule is COc1ccc(OC)c(C(C)NC(=O)C2Cc3ccccc3S2)c1. The highest BCUT2D eigenvalue weighted by Gasteiger charge is 2.29. The molecule has 1 aliphatic heterocycles. The largest absolute Gasteiger partial charge is 0.497 e. The van der Waals surface area contributed by atoms with E-state index in [0.717, 1.165) is 23.5 Å². The molecule has 0 saturated carbocycles. The maximum Gasteiger partial charge on any atom is 0.234 e. The number of carbonyl (C=O) groups is 1. The third kappa shape index (κ3) is 3.36. The molecule has 1 amide bonds. The third-order valence-corrected chi connectivity index (χ3v) is 5.52. The lowest BCUT2D eigenvalue weighted by Crippen LogP contribution is -2.34. The highest BCUT2D eigenvalue weighted by atomic mass is 32.2. The maximum atomic E-state index is 12.6. The molecule has 5 heteroatoms. The van der Waals surface area contributed by atoms with E-state index < -0.39 is 0 Å². The molecule has 0 fully saturated rings. The van der Waals surface area contributed by atoms with Crippen LogP contribution in [0.1, 0.15) is 24.1 Å². The fraction of sp³-hybridized carbons (Fsp3) is 0.316. The molecule has 3 rings (SSSR count). The number of thioether (sulfide) groups is 1. The van der Waals surface area contributed by atoms with Crippen molar-refractivity contribution in [1.82, 2.24) is 5.32 Å². The number of hydrogen-bond donors (Lipinski definition) is 1. The van der Waals surface area contributed by atoms with Crippen molar-refractivity contribution in [3.63, 3.8) is 0 Å². The van der Waals surface area contributed by atoms with E-state index in [2.05, 4.69) is 17.4 Å².